The zero-order chi connectivity index (χ0) is 97.3. The van der Waals surface area contributed by atoms with E-state index in [0.29, 0.717) is 97.1 Å². The predicted octanol–water partition coefficient (Wildman–Crippen LogP) is 26.4. The van der Waals surface area contributed by atoms with Crippen LogP contribution in [0.5, 0.6) is 0 Å². The Morgan fingerprint density at radius 3 is 0.432 bits per heavy atom. The molecule has 0 amide bonds. The minimum absolute atomic E-state index is 0.371. The van der Waals surface area contributed by atoms with Crippen LogP contribution in [-0.4, -0.2) is 143 Å². The SMILES string of the molecule is FC(F)(F)C(F)(F)C(F)(F)C(F)(F)C(F)(F)C(F)(F)CCc1ccc([PH](c2ccccc2)(c2ccc(CCC(F)(F)C(F)(F)C(F)(F)C(F)(F)C(F)(F)C(F)(F)F)cc2)[Pt]([Cl])([Cl])[PH](c2ccccc2)(c2ccc(CCC(F)(F)C(F)(F)C(F)(F)C(F)(F)C(F)(F)C(F)(F)F)cc2)c2ccc(CCC(F)(F)C(F)(F)C(F)(F)C(F)(F)C(F)(F)C(F)(F)F)cc2)cc1. The van der Waals surface area contributed by atoms with Crippen LogP contribution >= 0.6 is 29.5 Å². The van der Waals surface area contributed by atoms with E-state index >= 15 is 70.2 Å². The van der Waals surface area contributed by atoms with Gasteiger partial charge in [-0.15, -0.1) is 0 Å². The molecular formula is C68H44Cl2F52P2Pt. The summed E-state index contributed by atoms with van der Waals surface area (Å²) in [5, 5.41) is -15.5. The molecule has 0 aliphatic heterocycles. The molecule has 0 saturated heterocycles. The van der Waals surface area contributed by atoms with Gasteiger partial charge in [0.15, 0.2) is 0 Å². The Hall–Kier alpha value is -6.19. The Morgan fingerprint density at radius 2 is 0.296 bits per heavy atom. The molecule has 125 heavy (non-hydrogen) atoms. The van der Waals surface area contributed by atoms with Crippen molar-refractivity contribution in [2.75, 3.05) is 0 Å². The Morgan fingerprint density at radius 1 is 0.168 bits per heavy atom. The van der Waals surface area contributed by atoms with Crippen LogP contribution in [0.15, 0.2) is 158 Å². The van der Waals surface area contributed by atoms with Crippen molar-refractivity contribution < 1.29 is 241 Å². The third-order valence-electron chi connectivity index (χ3n) is 19.1. The van der Waals surface area contributed by atoms with Crippen molar-refractivity contribution in [2.45, 2.75) is 195 Å². The van der Waals surface area contributed by atoms with Gasteiger partial charge in [0.05, 0.1) is 0 Å². The van der Waals surface area contributed by atoms with Gasteiger partial charge in [-0.1, -0.05) is 0 Å². The Kier molecular flexibility index (Phi) is 28.6. The molecule has 0 unspecified atom stereocenters. The van der Waals surface area contributed by atoms with Crippen molar-refractivity contribution in [2.24, 2.45) is 0 Å². The van der Waals surface area contributed by atoms with Crippen LogP contribution < -0.4 is 31.8 Å². The molecule has 0 bridgehead atoms. The zero-order valence-corrected chi connectivity index (χ0v) is 65.2. The van der Waals surface area contributed by atoms with E-state index < -0.39 is 272 Å². The van der Waals surface area contributed by atoms with Crippen LogP contribution in [0, 0.1) is 0 Å². The summed E-state index contributed by atoms with van der Waals surface area (Å²) >= 11 is -6.97. The number of hydrogen-bond acceptors (Lipinski definition) is 0. The number of alkyl halides is 52. The van der Waals surface area contributed by atoms with Gasteiger partial charge >= 0.3 is 624 Å². The number of rotatable bonds is 36. The molecule has 57 heteroatoms. The van der Waals surface area contributed by atoms with Crippen molar-refractivity contribution in [3.63, 3.8) is 0 Å². The van der Waals surface area contributed by atoms with Crippen molar-refractivity contribution in [3.05, 3.63) is 180 Å². The second kappa shape index (κ2) is 33.3. The van der Waals surface area contributed by atoms with Gasteiger partial charge in [-0.25, -0.2) is 0 Å². The summed E-state index contributed by atoms with van der Waals surface area (Å²) in [6.45, 7) is 0. The first-order chi connectivity index (χ1) is 55.4. The molecule has 0 spiro atoms. The fourth-order valence-electron chi connectivity index (χ4n) is 11.8. The molecule has 0 atom stereocenters. The maximum absolute atomic E-state index is 15.5. The van der Waals surface area contributed by atoms with E-state index in [0.717, 1.165) is 60.7 Å². The Labute approximate surface area is 674 Å². The average Bonchev–Trinajstić information content (AvgIpc) is 0.673. The van der Waals surface area contributed by atoms with Gasteiger partial charge in [0.1, 0.15) is 0 Å². The number of aryl methyl sites for hydroxylation is 4. The molecule has 0 N–H and O–H groups in total. The summed E-state index contributed by atoms with van der Waals surface area (Å²) in [4.78, 5) is 0. The molecule has 0 saturated carbocycles. The number of halogens is 54. The third-order valence-corrected chi connectivity index (χ3v) is 80.8. The van der Waals surface area contributed by atoms with Gasteiger partial charge in [0.25, 0.3) is 0 Å². The maximum atomic E-state index is 15.5. The van der Waals surface area contributed by atoms with Gasteiger partial charge in [-0.05, 0) is 0 Å². The third kappa shape index (κ3) is 16.7. The van der Waals surface area contributed by atoms with Crippen LogP contribution in [0.1, 0.15) is 47.9 Å². The standard InChI is InChI=1S/2C34H21F26P.2ClH.Pt/c2*35-23(36,25(39,40)27(43,44)29(47,48)31(51,52)33(55,56)57)16-14-18-6-10-21(11-7-18)61(20-4-2-1-3-5-20)22-12-8-19(9-13-22)15-17-24(37,38)26(41,42)28(45,46)30(49,50)32(53,54)34(58,59)60;;;/h2*1-13H,14-17H2;2*1H;. The van der Waals surface area contributed by atoms with Crippen LogP contribution in [0.25, 0.3) is 0 Å². The molecule has 6 rings (SSSR count). The molecular weight excluding hydrogens is 2130 g/mol. The van der Waals surface area contributed by atoms with Crippen LogP contribution in [0.2, 0.25) is 0 Å². The Balaban J connectivity index is 1.74. The minimum atomic E-state index is -8.47. The van der Waals surface area contributed by atoms with E-state index in [1.54, 1.807) is 0 Å². The van der Waals surface area contributed by atoms with Crippen LogP contribution in [0.3, 0.4) is 0 Å². The normalized spacial score (nSPS) is 15.9. The molecule has 0 aliphatic rings. The fourth-order valence-corrected chi connectivity index (χ4v) is 87.2. The predicted molar refractivity (Wildman–Crippen MR) is 341 cm³/mol. The fraction of sp³-hybridized carbons (Fsp3) is 0.471. The van der Waals surface area contributed by atoms with E-state index in [4.69, 9.17) is 18.8 Å². The first-order valence-corrected chi connectivity index (χ1v) is 48.9. The summed E-state index contributed by atoms with van der Waals surface area (Å²) < 4.78 is 742. The van der Waals surface area contributed by atoms with Crippen molar-refractivity contribution in [1.29, 1.82) is 0 Å². The van der Waals surface area contributed by atoms with E-state index in [1.807, 2.05) is 0 Å². The monoisotopic (exact) mass is 2180 g/mol. The number of benzene rings is 6. The van der Waals surface area contributed by atoms with Crippen LogP contribution in [-0.2, 0) is 38.6 Å². The van der Waals surface area contributed by atoms with Gasteiger partial charge in [0.2, 0.25) is 0 Å². The second-order valence-electron chi connectivity index (χ2n) is 27.1. The Bertz CT molecular complexity index is 4140. The summed E-state index contributed by atoms with van der Waals surface area (Å²) in [7, 11) is 16.6. The molecule has 0 aromatic heterocycles. The molecule has 0 nitrogen and oxygen atoms in total. The molecule has 0 heterocycles. The second-order valence-corrected chi connectivity index (χ2v) is 69.6. The molecule has 0 fully saturated rings. The average molecular weight is 2180 g/mol. The van der Waals surface area contributed by atoms with Gasteiger partial charge in [-0.2, -0.15) is 52.7 Å². The molecule has 0 radical (unpaired) electrons. The van der Waals surface area contributed by atoms with Gasteiger partial charge < -0.3 is 0 Å². The molecule has 714 valence electrons. The van der Waals surface area contributed by atoms with E-state index in [1.165, 1.54) is 0 Å². The van der Waals surface area contributed by atoms with Crippen LogP contribution in [0.4, 0.5) is 228 Å². The first kappa shape index (κ1) is 108. The summed E-state index contributed by atoms with van der Waals surface area (Å²) in [5.74, 6) is -160. The van der Waals surface area contributed by atoms with Gasteiger partial charge in [-0.3, -0.25) is 0 Å². The first-order valence-electron chi connectivity index (χ1n) is 32.8. The molecule has 0 aliphatic carbocycles. The topological polar surface area (TPSA) is 0 Å². The quantitative estimate of drug-likeness (QED) is 0.0272. The van der Waals surface area contributed by atoms with E-state index in [2.05, 4.69) is 0 Å². The van der Waals surface area contributed by atoms with Gasteiger partial charge in [0, 0.05) is 0 Å². The van der Waals surface area contributed by atoms with Crippen molar-refractivity contribution in [1.82, 2.24) is 0 Å². The van der Waals surface area contributed by atoms with Crippen molar-refractivity contribution in [3.8, 4) is 0 Å². The summed E-state index contributed by atoms with van der Waals surface area (Å²) in [6.07, 6.45) is -51.9. The van der Waals surface area contributed by atoms with E-state index in [9.17, 15) is 158 Å². The zero-order valence-electron chi connectivity index (χ0n) is 59.4. The van der Waals surface area contributed by atoms with E-state index in [-0.39, 0.29) is 0 Å². The molecule has 6 aromatic carbocycles. The summed E-state index contributed by atoms with van der Waals surface area (Å²) in [6, 6.07) is 16.8. The molecule has 6 aromatic rings. The van der Waals surface area contributed by atoms with Crippen molar-refractivity contribution >= 4 is 61.4 Å². The summed E-state index contributed by atoms with van der Waals surface area (Å²) in [5.41, 5.74) is -4.25. The number of hydrogen-bond donors (Lipinski definition) is 0.